The van der Waals surface area contributed by atoms with Crippen LogP contribution in [0, 0.1) is 6.92 Å². The van der Waals surface area contributed by atoms with Crippen LogP contribution in [-0.2, 0) is 4.74 Å². The minimum absolute atomic E-state index is 0.188. The largest absolute Gasteiger partial charge is 0.394 e. The van der Waals surface area contributed by atoms with E-state index in [-0.39, 0.29) is 13.0 Å². The number of hydrogen-bond acceptors (Lipinski definition) is 7. The number of benzene rings is 2. The van der Waals surface area contributed by atoms with E-state index in [4.69, 9.17) is 4.74 Å². The highest BCUT2D eigenvalue weighted by Gasteiger charge is 2.37. The van der Waals surface area contributed by atoms with E-state index in [1.807, 2.05) is 55.5 Å². The van der Waals surface area contributed by atoms with Gasteiger partial charge in [-0.1, -0.05) is 53.8 Å². The molecule has 2 aromatic carbocycles. The topological polar surface area (TPSA) is 95.7 Å². The molecule has 0 aliphatic carbocycles. The molecule has 3 unspecified atom stereocenters. The summed E-state index contributed by atoms with van der Waals surface area (Å²) in [4.78, 5) is 0. The highest BCUT2D eigenvalue weighted by atomic mass is 32.1. The number of rotatable bonds is 4. The number of aliphatic hydroxyl groups is 3. The third-order valence-corrected chi connectivity index (χ3v) is 5.85. The Morgan fingerprint density at radius 3 is 2.46 bits per heavy atom. The average Bonchev–Trinajstić information content (AvgIpc) is 3.16. The van der Waals surface area contributed by atoms with Crippen LogP contribution in [0.4, 0.5) is 0 Å². The van der Waals surface area contributed by atoms with Crippen molar-refractivity contribution in [1.82, 2.24) is 10.2 Å². The molecule has 1 fully saturated rings. The Kier molecular flexibility index (Phi) is 5.52. The molecular formula is C21H22N2O4S. The molecule has 0 saturated carbocycles. The molecule has 0 bridgehead atoms. The van der Waals surface area contributed by atoms with Crippen molar-refractivity contribution in [2.45, 2.75) is 37.8 Å². The van der Waals surface area contributed by atoms with Gasteiger partial charge in [0.1, 0.15) is 22.2 Å². The molecule has 3 N–H and O–H groups in total. The van der Waals surface area contributed by atoms with Crippen LogP contribution in [0.25, 0.3) is 21.7 Å². The zero-order chi connectivity index (χ0) is 19.7. The first-order chi connectivity index (χ1) is 13.5. The monoisotopic (exact) mass is 398 g/mol. The second-order valence-electron chi connectivity index (χ2n) is 6.98. The van der Waals surface area contributed by atoms with Crippen LogP contribution in [0.3, 0.4) is 0 Å². The molecule has 2 heterocycles. The van der Waals surface area contributed by atoms with Gasteiger partial charge in [0.25, 0.3) is 0 Å². The first-order valence-corrected chi connectivity index (χ1v) is 10.00. The quantitative estimate of drug-likeness (QED) is 0.625. The van der Waals surface area contributed by atoms with Gasteiger partial charge in [0.15, 0.2) is 0 Å². The minimum atomic E-state index is -1.03. The summed E-state index contributed by atoms with van der Waals surface area (Å²) in [5.41, 5.74) is 3.79. The maximum Gasteiger partial charge on any atom is 0.147 e. The van der Waals surface area contributed by atoms with E-state index in [2.05, 4.69) is 10.2 Å². The lowest BCUT2D eigenvalue weighted by molar-refractivity contribution is -0.179. The van der Waals surface area contributed by atoms with Gasteiger partial charge in [-0.3, -0.25) is 0 Å². The second-order valence-corrected chi connectivity index (χ2v) is 8.17. The average molecular weight is 398 g/mol. The predicted octanol–water partition coefficient (Wildman–Crippen LogP) is 2.72. The minimum Gasteiger partial charge on any atom is -0.394 e. The van der Waals surface area contributed by atoms with E-state index in [0.29, 0.717) is 0 Å². The van der Waals surface area contributed by atoms with Crippen LogP contribution in [0.2, 0.25) is 0 Å². The Hall–Kier alpha value is -2.16. The second kappa shape index (κ2) is 8.06. The lowest BCUT2D eigenvalue weighted by atomic mass is 9.91. The molecule has 4 rings (SSSR count). The molecule has 28 heavy (non-hydrogen) atoms. The van der Waals surface area contributed by atoms with Crippen LogP contribution in [0.1, 0.15) is 23.1 Å². The zero-order valence-electron chi connectivity index (χ0n) is 15.4. The molecule has 1 aliphatic rings. The Morgan fingerprint density at radius 2 is 1.79 bits per heavy atom. The Morgan fingerprint density at radius 1 is 1.04 bits per heavy atom. The smallest absolute Gasteiger partial charge is 0.147 e. The molecule has 1 aromatic heterocycles. The van der Waals surface area contributed by atoms with Crippen LogP contribution in [0.15, 0.2) is 48.5 Å². The summed E-state index contributed by atoms with van der Waals surface area (Å²) in [5, 5.41) is 39.9. The van der Waals surface area contributed by atoms with Crippen molar-refractivity contribution in [3.05, 3.63) is 59.1 Å². The van der Waals surface area contributed by atoms with Gasteiger partial charge in [-0.25, -0.2) is 0 Å². The van der Waals surface area contributed by atoms with Crippen molar-refractivity contribution < 1.29 is 20.1 Å². The van der Waals surface area contributed by atoms with Crippen LogP contribution in [-0.4, -0.2) is 50.4 Å². The van der Waals surface area contributed by atoms with E-state index in [9.17, 15) is 15.3 Å². The molecule has 1 aliphatic heterocycles. The number of aliphatic hydroxyl groups excluding tert-OH is 3. The van der Waals surface area contributed by atoms with E-state index in [1.165, 1.54) is 0 Å². The summed E-state index contributed by atoms with van der Waals surface area (Å²) < 4.78 is 5.80. The van der Waals surface area contributed by atoms with Gasteiger partial charge in [-0.2, -0.15) is 0 Å². The number of ether oxygens (including phenoxy) is 1. The Bertz CT molecular complexity index is 944. The lowest BCUT2D eigenvalue weighted by Crippen LogP contribution is -2.44. The summed E-state index contributed by atoms with van der Waals surface area (Å²) in [6.45, 7) is 1.74. The Labute approximate surface area is 167 Å². The third kappa shape index (κ3) is 3.85. The highest BCUT2D eigenvalue weighted by molar-refractivity contribution is 7.14. The maximum absolute atomic E-state index is 10.4. The summed E-state index contributed by atoms with van der Waals surface area (Å²) in [6, 6.07) is 15.8. The fourth-order valence-corrected chi connectivity index (χ4v) is 4.16. The van der Waals surface area contributed by atoms with Gasteiger partial charge in [-0.05, 0) is 29.7 Å². The SMILES string of the molecule is Cc1nnc(-c2ccc(-c3cccc([C@H]4OC(CO)CC(O)C4O)c3)cc2)s1. The molecule has 146 valence electrons. The van der Waals surface area contributed by atoms with Gasteiger partial charge in [-0.15, -0.1) is 10.2 Å². The fraction of sp³-hybridized carbons (Fsp3) is 0.333. The summed E-state index contributed by atoms with van der Waals surface area (Å²) in [7, 11) is 0. The van der Waals surface area contributed by atoms with Crippen molar-refractivity contribution in [2.24, 2.45) is 0 Å². The van der Waals surface area contributed by atoms with E-state index in [1.54, 1.807) is 11.3 Å². The molecular weight excluding hydrogens is 376 g/mol. The first-order valence-electron chi connectivity index (χ1n) is 9.18. The first kappa shape index (κ1) is 19.2. The fourth-order valence-electron chi connectivity index (χ4n) is 3.46. The van der Waals surface area contributed by atoms with Crippen molar-refractivity contribution in [2.75, 3.05) is 6.61 Å². The van der Waals surface area contributed by atoms with Crippen LogP contribution < -0.4 is 0 Å². The lowest BCUT2D eigenvalue weighted by Gasteiger charge is -2.37. The van der Waals surface area contributed by atoms with Crippen molar-refractivity contribution in [3.8, 4) is 21.7 Å². The van der Waals surface area contributed by atoms with Crippen molar-refractivity contribution in [3.63, 3.8) is 0 Å². The van der Waals surface area contributed by atoms with Crippen molar-refractivity contribution in [1.29, 1.82) is 0 Å². The molecule has 0 amide bonds. The van der Waals surface area contributed by atoms with E-state index in [0.717, 1.165) is 32.3 Å². The number of hydrogen-bond donors (Lipinski definition) is 3. The highest BCUT2D eigenvalue weighted by Crippen LogP contribution is 2.34. The molecule has 7 heteroatoms. The molecule has 6 nitrogen and oxygen atoms in total. The summed E-state index contributed by atoms with van der Waals surface area (Å²) in [6.07, 6.45) is -2.89. The van der Waals surface area contributed by atoms with Crippen LogP contribution in [0.5, 0.6) is 0 Å². The zero-order valence-corrected chi connectivity index (χ0v) is 16.2. The standard InChI is InChI=1S/C21H22N2O4S/c1-12-22-23-21(28-12)14-7-5-13(6-8-14)15-3-2-4-16(9-15)20-19(26)18(25)10-17(11-24)27-20/h2-9,17-20,24-26H,10-11H2,1H3/t17?,18?,19?,20-/m1/s1. The van der Waals surface area contributed by atoms with Gasteiger partial charge < -0.3 is 20.1 Å². The molecule has 0 spiro atoms. The number of nitrogens with zero attached hydrogens (tertiary/aromatic N) is 2. The van der Waals surface area contributed by atoms with Gasteiger partial charge in [0.05, 0.1) is 18.8 Å². The van der Waals surface area contributed by atoms with E-state index >= 15 is 0 Å². The third-order valence-electron chi connectivity index (χ3n) is 4.96. The summed E-state index contributed by atoms with van der Waals surface area (Å²) in [5.74, 6) is 0. The van der Waals surface area contributed by atoms with Crippen molar-refractivity contribution >= 4 is 11.3 Å². The molecule has 0 radical (unpaired) electrons. The summed E-state index contributed by atoms with van der Waals surface area (Å²) >= 11 is 1.56. The van der Waals surface area contributed by atoms with Gasteiger partial charge in [0, 0.05) is 12.0 Å². The van der Waals surface area contributed by atoms with E-state index < -0.39 is 24.4 Å². The maximum atomic E-state index is 10.4. The van der Waals surface area contributed by atoms with Gasteiger partial charge >= 0.3 is 0 Å². The number of aryl methyl sites for hydroxylation is 1. The predicted molar refractivity (Wildman–Crippen MR) is 107 cm³/mol. The molecule has 4 atom stereocenters. The molecule has 3 aromatic rings. The van der Waals surface area contributed by atoms with Crippen LogP contribution >= 0.6 is 11.3 Å². The number of aromatic nitrogens is 2. The normalized spacial score (nSPS) is 25.0. The van der Waals surface area contributed by atoms with Gasteiger partial charge in [0.2, 0.25) is 0 Å². The molecule has 1 saturated heterocycles. The Balaban J connectivity index is 1.60.